The lowest BCUT2D eigenvalue weighted by molar-refractivity contribution is 0.601. The maximum absolute atomic E-state index is 13.6. The molecule has 2 heterocycles. The molecule has 3 N–H and O–H groups in total. The number of fused-ring (bicyclic) bond motifs is 1. The Morgan fingerprint density at radius 1 is 1.24 bits per heavy atom. The van der Waals surface area contributed by atoms with Crippen LogP contribution in [0, 0.1) is 5.82 Å². The van der Waals surface area contributed by atoms with Crippen LogP contribution in [0.4, 0.5) is 15.9 Å². The van der Waals surface area contributed by atoms with Gasteiger partial charge < -0.3 is 15.6 Å². The highest BCUT2D eigenvalue weighted by Crippen LogP contribution is 2.32. The highest BCUT2D eigenvalue weighted by molar-refractivity contribution is 6.33. The fourth-order valence-corrected chi connectivity index (χ4v) is 3.10. The van der Waals surface area contributed by atoms with E-state index < -0.39 is 5.82 Å². The summed E-state index contributed by atoms with van der Waals surface area (Å²) in [5, 5.41) is 3.88. The van der Waals surface area contributed by atoms with Gasteiger partial charge in [0.25, 0.3) is 5.56 Å². The number of aromatic nitrogens is 2. The van der Waals surface area contributed by atoms with Crippen molar-refractivity contribution < 1.29 is 4.39 Å². The monoisotopic (exact) mass is 360 g/mol. The third-order valence-corrected chi connectivity index (χ3v) is 4.38. The summed E-state index contributed by atoms with van der Waals surface area (Å²) in [7, 11) is 1.77. The third kappa shape index (κ3) is 2.93. The molecule has 3 rings (SSSR count). The van der Waals surface area contributed by atoms with Crippen molar-refractivity contribution >= 4 is 34.0 Å². The van der Waals surface area contributed by atoms with E-state index in [4.69, 9.17) is 17.3 Å². The van der Waals surface area contributed by atoms with Crippen molar-refractivity contribution in [2.75, 3.05) is 18.1 Å². The first-order valence-electron chi connectivity index (χ1n) is 7.81. The van der Waals surface area contributed by atoms with Gasteiger partial charge in [-0.1, -0.05) is 11.6 Å². The lowest BCUT2D eigenvalue weighted by Gasteiger charge is -2.17. The second kappa shape index (κ2) is 6.37. The molecular weight excluding hydrogens is 343 g/mol. The molecule has 0 saturated heterocycles. The van der Waals surface area contributed by atoms with Crippen molar-refractivity contribution in [2.45, 2.75) is 19.9 Å². The number of nitrogen functional groups attached to an aromatic ring is 1. The quantitative estimate of drug-likeness (QED) is 0.691. The average molecular weight is 361 g/mol. The van der Waals surface area contributed by atoms with Gasteiger partial charge in [-0.05, 0) is 32.0 Å². The van der Waals surface area contributed by atoms with E-state index in [1.807, 2.05) is 19.9 Å². The maximum Gasteiger partial charge on any atom is 0.259 e. The van der Waals surface area contributed by atoms with Gasteiger partial charge in [0.1, 0.15) is 11.6 Å². The lowest BCUT2D eigenvalue weighted by atomic mass is 10.0. The maximum atomic E-state index is 13.6. The molecule has 5 nitrogen and oxygen atoms in total. The van der Waals surface area contributed by atoms with E-state index >= 15 is 0 Å². The molecule has 0 aliphatic carbocycles. The molecule has 0 spiro atoms. The fourth-order valence-electron chi connectivity index (χ4n) is 2.85. The Bertz CT molecular complexity index is 1030. The van der Waals surface area contributed by atoms with Gasteiger partial charge in [0.05, 0.1) is 16.2 Å². The second-order valence-electron chi connectivity index (χ2n) is 6.06. The summed E-state index contributed by atoms with van der Waals surface area (Å²) < 4.78 is 15.3. The minimum Gasteiger partial charge on any atom is -0.396 e. The van der Waals surface area contributed by atoms with Crippen LogP contribution in [0.3, 0.4) is 0 Å². The number of pyridine rings is 2. The summed E-state index contributed by atoms with van der Waals surface area (Å²) >= 11 is 6.17. The predicted molar refractivity (Wildman–Crippen MR) is 101 cm³/mol. The van der Waals surface area contributed by atoms with Gasteiger partial charge in [0.15, 0.2) is 0 Å². The van der Waals surface area contributed by atoms with Crippen LogP contribution in [-0.4, -0.2) is 16.6 Å². The largest absolute Gasteiger partial charge is 0.396 e. The lowest BCUT2D eigenvalue weighted by Crippen LogP contribution is -2.24. The van der Waals surface area contributed by atoms with Gasteiger partial charge in [-0.25, -0.2) is 9.37 Å². The molecule has 0 radical (unpaired) electrons. The number of halogens is 2. The topological polar surface area (TPSA) is 72.9 Å². The molecule has 130 valence electrons. The van der Waals surface area contributed by atoms with Gasteiger partial charge in [0, 0.05) is 41.9 Å². The predicted octanol–water partition coefficient (Wildman–Crippen LogP) is 4.06. The highest BCUT2D eigenvalue weighted by Gasteiger charge is 2.17. The van der Waals surface area contributed by atoms with E-state index in [0.717, 1.165) is 17.0 Å². The Balaban J connectivity index is 2.40. The number of rotatable bonds is 3. The molecule has 0 aliphatic heterocycles. The van der Waals surface area contributed by atoms with Crippen LogP contribution in [0.1, 0.15) is 19.9 Å². The molecule has 0 bridgehead atoms. The van der Waals surface area contributed by atoms with E-state index in [1.165, 1.54) is 6.07 Å². The Kier molecular flexibility index (Phi) is 4.39. The van der Waals surface area contributed by atoms with Crippen LogP contribution in [-0.2, 0) is 0 Å². The minimum absolute atomic E-state index is 0.0568. The normalized spacial score (nSPS) is 11.3. The van der Waals surface area contributed by atoms with Crippen LogP contribution in [0.25, 0.3) is 22.0 Å². The van der Waals surface area contributed by atoms with Gasteiger partial charge in [0.2, 0.25) is 0 Å². The van der Waals surface area contributed by atoms with Gasteiger partial charge >= 0.3 is 0 Å². The van der Waals surface area contributed by atoms with Crippen LogP contribution in [0.15, 0.2) is 35.3 Å². The SMILES string of the molecule is CNc1cc2c(cn1)cc(-c1cc(N)c(F)cc1Cl)c(=O)n2C(C)C. The summed E-state index contributed by atoms with van der Waals surface area (Å²) in [6.07, 6.45) is 1.68. The molecule has 7 heteroatoms. The van der Waals surface area contributed by atoms with Crippen molar-refractivity contribution in [3.63, 3.8) is 0 Å². The molecule has 2 aromatic heterocycles. The molecule has 0 amide bonds. The Hall–Kier alpha value is -2.60. The van der Waals surface area contributed by atoms with Crippen molar-refractivity contribution in [3.05, 3.63) is 51.7 Å². The Morgan fingerprint density at radius 3 is 2.60 bits per heavy atom. The molecule has 0 saturated carbocycles. The summed E-state index contributed by atoms with van der Waals surface area (Å²) in [5.74, 6) is 0.0529. The van der Waals surface area contributed by atoms with Crippen molar-refractivity contribution in [2.24, 2.45) is 0 Å². The van der Waals surface area contributed by atoms with Crippen molar-refractivity contribution in [1.29, 1.82) is 0 Å². The molecule has 0 unspecified atom stereocenters. The molecular formula is C18H18ClFN4O. The molecule has 1 aromatic carbocycles. The number of nitrogens with zero attached hydrogens (tertiary/aromatic N) is 2. The number of hydrogen-bond donors (Lipinski definition) is 2. The van der Waals surface area contributed by atoms with E-state index in [0.29, 0.717) is 16.9 Å². The van der Waals surface area contributed by atoms with Crippen LogP contribution >= 0.6 is 11.6 Å². The number of hydrogen-bond acceptors (Lipinski definition) is 4. The van der Waals surface area contributed by atoms with E-state index in [9.17, 15) is 9.18 Å². The number of anilines is 2. The third-order valence-electron chi connectivity index (χ3n) is 4.07. The summed E-state index contributed by atoms with van der Waals surface area (Å²) in [5.41, 5.74) is 6.91. The zero-order chi connectivity index (χ0) is 18.3. The summed E-state index contributed by atoms with van der Waals surface area (Å²) in [6, 6.07) is 5.96. The van der Waals surface area contributed by atoms with Crippen LogP contribution < -0.4 is 16.6 Å². The smallest absolute Gasteiger partial charge is 0.259 e. The van der Waals surface area contributed by atoms with Gasteiger partial charge in [-0.15, -0.1) is 0 Å². The minimum atomic E-state index is -0.612. The first-order chi connectivity index (χ1) is 11.8. The Labute approximate surface area is 149 Å². The fraction of sp³-hybridized carbons (Fsp3) is 0.222. The highest BCUT2D eigenvalue weighted by atomic mass is 35.5. The zero-order valence-corrected chi connectivity index (χ0v) is 14.9. The van der Waals surface area contributed by atoms with E-state index in [1.54, 1.807) is 23.9 Å². The van der Waals surface area contributed by atoms with Crippen molar-refractivity contribution in [1.82, 2.24) is 9.55 Å². The zero-order valence-electron chi connectivity index (χ0n) is 14.1. The Morgan fingerprint density at radius 2 is 1.96 bits per heavy atom. The standard InChI is InChI=1S/C18H18ClFN4O/c1-9(2)24-16-7-17(22-3)23-8-10(16)4-12(18(24)25)11-5-15(21)14(20)6-13(11)19/h4-9H,21H2,1-3H3,(H,22,23). The molecule has 0 aliphatic rings. The second-order valence-corrected chi connectivity index (χ2v) is 6.47. The molecule has 3 aromatic rings. The number of benzene rings is 1. The summed E-state index contributed by atoms with van der Waals surface area (Å²) in [6.45, 7) is 3.84. The first kappa shape index (κ1) is 17.2. The average Bonchev–Trinajstić information content (AvgIpc) is 2.57. The number of nitrogens with two attached hydrogens (primary N) is 1. The molecule has 25 heavy (non-hydrogen) atoms. The first-order valence-corrected chi connectivity index (χ1v) is 8.19. The number of nitrogens with one attached hydrogen (secondary N) is 1. The van der Waals surface area contributed by atoms with Crippen LogP contribution in [0.2, 0.25) is 5.02 Å². The van der Waals surface area contributed by atoms with E-state index in [2.05, 4.69) is 10.3 Å². The molecule has 0 fully saturated rings. The van der Waals surface area contributed by atoms with Crippen LogP contribution in [0.5, 0.6) is 0 Å². The van der Waals surface area contributed by atoms with E-state index in [-0.39, 0.29) is 22.3 Å². The molecule has 0 atom stereocenters. The van der Waals surface area contributed by atoms with Crippen molar-refractivity contribution in [3.8, 4) is 11.1 Å². The summed E-state index contributed by atoms with van der Waals surface area (Å²) in [4.78, 5) is 17.4. The van der Waals surface area contributed by atoms with Gasteiger partial charge in [-0.3, -0.25) is 4.79 Å². The van der Waals surface area contributed by atoms with Gasteiger partial charge in [-0.2, -0.15) is 0 Å².